The molecule has 0 amide bonds. The van der Waals surface area contributed by atoms with E-state index in [-0.39, 0.29) is 23.6 Å². The summed E-state index contributed by atoms with van der Waals surface area (Å²) in [7, 11) is 1.85. The molecule has 0 spiro atoms. The molecule has 0 radical (unpaired) electrons. The van der Waals surface area contributed by atoms with Crippen LogP contribution in [-0.2, 0) is 11.8 Å². The van der Waals surface area contributed by atoms with E-state index in [1.54, 1.807) is 10.9 Å². The number of hydrogen-bond donors (Lipinski definition) is 0. The Morgan fingerprint density at radius 3 is 3.00 bits per heavy atom. The van der Waals surface area contributed by atoms with Gasteiger partial charge in [-0.15, -0.1) is 0 Å². The summed E-state index contributed by atoms with van der Waals surface area (Å²) in [5.74, 6) is 0.876. The lowest BCUT2D eigenvalue weighted by Crippen LogP contribution is -2.11. The van der Waals surface area contributed by atoms with Gasteiger partial charge in [0.2, 0.25) is 11.7 Å². The molecule has 0 aromatic carbocycles. The summed E-state index contributed by atoms with van der Waals surface area (Å²) in [6.07, 6.45) is 1.12. The molecule has 4 heterocycles. The molecule has 4 rings (SSSR count). The zero-order valence-corrected chi connectivity index (χ0v) is 14.5. The highest BCUT2D eigenvalue weighted by atomic mass is 19.3. The van der Waals surface area contributed by atoms with E-state index in [4.69, 9.17) is 14.0 Å². The van der Waals surface area contributed by atoms with Gasteiger partial charge in [-0.05, 0) is 18.6 Å². The lowest BCUT2D eigenvalue weighted by atomic mass is 9.99. The molecule has 1 fully saturated rings. The first-order valence-electron chi connectivity index (χ1n) is 8.42. The van der Waals surface area contributed by atoms with Gasteiger partial charge in [0.15, 0.2) is 0 Å². The van der Waals surface area contributed by atoms with Gasteiger partial charge < -0.3 is 14.0 Å². The van der Waals surface area contributed by atoms with Crippen molar-refractivity contribution in [2.75, 3.05) is 13.2 Å². The molecule has 2 atom stereocenters. The second-order valence-electron chi connectivity index (χ2n) is 6.10. The summed E-state index contributed by atoms with van der Waals surface area (Å²) in [5, 5.41) is 8.15. The van der Waals surface area contributed by atoms with Gasteiger partial charge in [-0.25, -0.2) is 8.78 Å². The Kier molecular flexibility index (Phi) is 4.80. The first kappa shape index (κ1) is 17.5. The van der Waals surface area contributed by atoms with Crippen LogP contribution in [-0.4, -0.2) is 44.5 Å². The maximum atomic E-state index is 12.3. The Balaban J connectivity index is 1.55. The van der Waals surface area contributed by atoms with Crippen molar-refractivity contribution in [3.05, 3.63) is 42.2 Å². The Labute approximate surface area is 153 Å². The van der Waals surface area contributed by atoms with E-state index in [0.717, 1.165) is 12.1 Å². The van der Waals surface area contributed by atoms with Gasteiger partial charge in [-0.2, -0.15) is 10.1 Å². The molecule has 27 heavy (non-hydrogen) atoms. The standard InChI is InChI=1S/C17H17F2N5O3/c1-24-13(3-6-21-24)15-11(4-7-25-15)17-22-16(23-27-17)12-8-10(2-5-20-12)26-9-14(18)19/h2-3,5-6,8,11,14-15H,4,7,9H2,1H3/t11-,15-/m1/s1. The van der Waals surface area contributed by atoms with Crippen molar-refractivity contribution in [3.8, 4) is 17.3 Å². The normalized spacial score (nSPS) is 19.7. The van der Waals surface area contributed by atoms with Crippen molar-refractivity contribution in [1.29, 1.82) is 0 Å². The topological polar surface area (TPSA) is 88.1 Å². The van der Waals surface area contributed by atoms with Crippen molar-refractivity contribution < 1.29 is 22.8 Å². The van der Waals surface area contributed by atoms with Crippen LogP contribution in [0.1, 0.15) is 30.0 Å². The molecule has 1 aliphatic rings. The van der Waals surface area contributed by atoms with E-state index >= 15 is 0 Å². The van der Waals surface area contributed by atoms with E-state index in [9.17, 15) is 8.78 Å². The highest BCUT2D eigenvalue weighted by molar-refractivity contribution is 5.51. The fourth-order valence-corrected chi connectivity index (χ4v) is 3.07. The fraction of sp³-hybridized carbons (Fsp3) is 0.412. The lowest BCUT2D eigenvalue weighted by Gasteiger charge is -2.15. The van der Waals surface area contributed by atoms with Gasteiger partial charge in [-0.1, -0.05) is 5.16 Å². The van der Waals surface area contributed by atoms with Crippen LogP contribution in [0.4, 0.5) is 8.78 Å². The zero-order valence-electron chi connectivity index (χ0n) is 14.5. The number of aryl methyl sites for hydroxylation is 1. The number of pyridine rings is 1. The van der Waals surface area contributed by atoms with Crippen LogP contribution in [0, 0.1) is 0 Å². The average molecular weight is 377 g/mol. The van der Waals surface area contributed by atoms with Gasteiger partial charge in [-0.3, -0.25) is 9.67 Å². The van der Waals surface area contributed by atoms with Crippen LogP contribution in [0.15, 0.2) is 35.1 Å². The molecule has 0 aliphatic carbocycles. The number of aromatic nitrogens is 5. The molecule has 8 nitrogen and oxygen atoms in total. The van der Waals surface area contributed by atoms with E-state index < -0.39 is 13.0 Å². The maximum absolute atomic E-state index is 12.3. The molecular weight excluding hydrogens is 360 g/mol. The molecule has 3 aromatic rings. The van der Waals surface area contributed by atoms with Gasteiger partial charge >= 0.3 is 0 Å². The molecule has 0 bridgehead atoms. The van der Waals surface area contributed by atoms with E-state index in [2.05, 4.69) is 20.2 Å². The minimum atomic E-state index is -2.55. The molecule has 3 aromatic heterocycles. The first-order valence-corrected chi connectivity index (χ1v) is 8.42. The smallest absolute Gasteiger partial charge is 0.272 e. The number of halogens is 2. The van der Waals surface area contributed by atoms with Crippen molar-refractivity contribution >= 4 is 0 Å². The summed E-state index contributed by atoms with van der Waals surface area (Å²) < 4.78 is 42.6. The summed E-state index contributed by atoms with van der Waals surface area (Å²) in [5.41, 5.74) is 1.31. The molecule has 0 N–H and O–H groups in total. The Bertz CT molecular complexity index is 913. The molecule has 0 saturated carbocycles. The zero-order chi connectivity index (χ0) is 18.8. The van der Waals surface area contributed by atoms with Gasteiger partial charge in [0.05, 0.1) is 11.6 Å². The van der Waals surface area contributed by atoms with Crippen molar-refractivity contribution in [2.24, 2.45) is 7.05 Å². The fourth-order valence-electron chi connectivity index (χ4n) is 3.07. The molecule has 142 valence electrons. The largest absolute Gasteiger partial charge is 0.488 e. The monoisotopic (exact) mass is 377 g/mol. The minimum Gasteiger partial charge on any atom is -0.488 e. The van der Waals surface area contributed by atoms with Gasteiger partial charge in [0, 0.05) is 32.1 Å². The second kappa shape index (κ2) is 7.39. The number of rotatable bonds is 6. The summed E-state index contributed by atoms with van der Waals surface area (Å²) in [4.78, 5) is 8.60. The number of ether oxygens (including phenoxy) is 2. The van der Waals surface area contributed by atoms with E-state index in [1.165, 1.54) is 18.3 Å². The predicted molar refractivity (Wildman–Crippen MR) is 88.3 cm³/mol. The van der Waals surface area contributed by atoms with Crippen LogP contribution >= 0.6 is 0 Å². The van der Waals surface area contributed by atoms with Crippen LogP contribution in [0.3, 0.4) is 0 Å². The quantitative estimate of drug-likeness (QED) is 0.653. The van der Waals surface area contributed by atoms with Crippen molar-refractivity contribution in [1.82, 2.24) is 24.9 Å². The summed E-state index contributed by atoms with van der Waals surface area (Å²) in [6, 6.07) is 4.89. The number of hydrogen-bond acceptors (Lipinski definition) is 7. The van der Waals surface area contributed by atoms with E-state index in [1.807, 2.05) is 13.1 Å². The summed E-state index contributed by atoms with van der Waals surface area (Å²) >= 11 is 0. The number of nitrogens with zero attached hydrogens (tertiary/aromatic N) is 5. The molecule has 10 heteroatoms. The third-order valence-electron chi connectivity index (χ3n) is 4.34. The van der Waals surface area contributed by atoms with Crippen LogP contribution in [0.5, 0.6) is 5.75 Å². The third kappa shape index (κ3) is 3.65. The van der Waals surface area contributed by atoms with Crippen molar-refractivity contribution in [3.63, 3.8) is 0 Å². The van der Waals surface area contributed by atoms with Crippen LogP contribution in [0.2, 0.25) is 0 Å². The van der Waals surface area contributed by atoms with E-state index in [0.29, 0.717) is 18.2 Å². The maximum Gasteiger partial charge on any atom is 0.272 e. The average Bonchev–Trinajstić information content (AvgIpc) is 3.39. The molecule has 1 aliphatic heterocycles. The molecular formula is C17H17F2N5O3. The van der Waals surface area contributed by atoms with Gasteiger partial charge in [0.25, 0.3) is 6.43 Å². The predicted octanol–water partition coefficient (Wildman–Crippen LogP) is 2.75. The van der Waals surface area contributed by atoms with Crippen molar-refractivity contribution in [2.45, 2.75) is 24.9 Å². The Morgan fingerprint density at radius 2 is 2.22 bits per heavy atom. The van der Waals surface area contributed by atoms with Crippen LogP contribution in [0.25, 0.3) is 11.5 Å². The Morgan fingerprint density at radius 1 is 1.33 bits per heavy atom. The lowest BCUT2D eigenvalue weighted by molar-refractivity contribution is 0.0819. The van der Waals surface area contributed by atoms with Gasteiger partial charge in [0.1, 0.15) is 24.2 Å². The molecule has 1 saturated heterocycles. The van der Waals surface area contributed by atoms with Crippen LogP contribution < -0.4 is 4.74 Å². The highest BCUT2D eigenvalue weighted by Gasteiger charge is 2.36. The summed E-state index contributed by atoms with van der Waals surface area (Å²) in [6.45, 7) is -0.111. The second-order valence-corrected chi connectivity index (χ2v) is 6.10. The number of alkyl halides is 2. The molecule has 0 unspecified atom stereocenters. The Hall–Kier alpha value is -2.88. The SMILES string of the molecule is Cn1nccc1[C@@H]1OCC[C@H]1c1nc(-c2cc(OCC(F)F)ccn2)no1. The third-order valence-corrected chi connectivity index (χ3v) is 4.34. The highest BCUT2D eigenvalue weighted by Crippen LogP contribution is 2.41. The minimum absolute atomic E-state index is 0.0973. The first-order chi connectivity index (χ1) is 13.1.